The first-order chi connectivity index (χ1) is 10.2. The van der Waals surface area contributed by atoms with Gasteiger partial charge in [0, 0.05) is 11.7 Å². The zero-order valence-electron chi connectivity index (χ0n) is 12.5. The van der Waals surface area contributed by atoms with Gasteiger partial charge in [0.2, 0.25) is 0 Å². The number of aryl methyl sites for hydroxylation is 1. The molecule has 0 heterocycles. The maximum atomic E-state index is 12.9. The van der Waals surface area contributed by atoms with Crippen LogP contribution in [0.3, 0.4) is 0 Å². The minimum atomic E-state index is -0.170. The van der Waals surface area contributed by atoms with Crippen molar-refractivity contribution in [3.05, 3.63) is 65.0 Å². The minimum Gasteiger partial charge on any atom is -0.382 e. The maximum absolute atomic E-state index is 12.9. The Kier molecular flexibility index (Phi) is 4.23. The van der Waals surface area contributed by atoms with E-state index >= 15 is 0 Å². The third-order valence-corrected chi connectivity index (χ3v) is 4.25. The lowest BCUT2D eigenvalue weighted by Gasteiger charge is -2.23. The Balaban J connectivity index is 1.70. The Labute approximate surface area is 126 Å². The van der Waals surface area contributed by atoms with E-state index in [1.165, 1.54) is 60.2 Å². The molecule has 0 saturated carbocycles. The summed E-state index contributed by atoms with van der Waals surface area (Å²) in [7, 11) is 0. The van der Waals surface area contributed by atoms with Crippen LogP contribution < -0.4 is 5.32 Å². The predicted molar refractivity (Wildman–Crippen MR) is 86.3 cm³/mol. The summed E-state index contributed by atoms with van der Waals surface area (Å²) in [6, 6.07) is 13.7. The largest absolute Gasteiger partial charge is 0.382 e. The Hall–Kier alpha value is -1.83. The molecule has 1 atom stereocenters. The quantitative estimate of drug-likeness (QED) is 0.854. The monoisotopic (exact) mass is 283 g/mol. The summed E-state index contributed by atoms with van der Waals surface area (Å²) < 4.78 is 12.9. The van der Waals surface area contributed by atoms with E-state index in [0.717, 1.165) is 6.42 Å². The molecule has 2 heteroatoms. The highest BCUT2D eigenvalue weighted by molar-refractivity contribution is 5.56. The molecule has 0 aliphatic heterocycles. The molecule has 0 saturated heterocycles. The van der Waals surface area contributed by atoms with Gasteiger partial charge < -0.3 is 5.32 Å². The van der Waals surface area contributed by atoms with Crippen LogP contribution in [0.2, 0.25) is 0 Å². The van der Waals surface area contributed by atoms with E-state index in [-0.39, 0.29) is 5.82 Å². The molecule has 0 radical (unpaired) electrons. The summed E-state index contributed by atoms with van der Waals surface area (Å²) in [5.41, 5.74) is 5.44. The summed E-state index contributed by atoms with van der Waals surface area (Å²) in [5.74, 6) is -0.170. The van der Waals surface area contributed by atoms with Gasteiger partial charge in [-0.05, 0) is 73.9 Å². The van der Waals surface area contributed by atoms with Gasteiger partial charge >= 0.3 is 0 Å². The SMILES string of the molecule is CC(Cc1ccc(F)cc1)Nc1cccc2c1CCCC2. The van der Waals surface area contributed by atoms with Gasteiger partial charge in [-0.2, -0.15) is 0 Å². The van der Waals surface area contributed by atoms with E-state index < -0.39 is 0 Å². The fraction of sp³-hybridized carbons (Fsp3) is 0.368. The second kappa shape index (κ2) is 6.30. The average Bonchev–Trinajstić information content (AvgIpc) is 2.50. The van der Waals surface area contributed by atoms with E-state index in [1.54, 1.807) is 0 Å². The van der Waals surface area contributed by atoms with Crippen LogP contribution in [-0.4, -0.2) is 6.04 Å². The fourth-order valence-corrected chi connectivity index (χ4v) is 3.21. The molecule has 110 valence electrons. The number of anilines is 1. The number of halogens is 1. The van der Waals surface area contributed by atoms with Crippen molar-refractivity contribution >= 4 is 5.69 Å². The van der Waals surface area contributed by atoms with Crippen LogP contribution in [0.4, 0.5) is 10.1 Å². The molecule has 0 fully saturated rings. The molecule has 0 amide bonds. The molecule has 3 rings (SSSR count). The molecular formula is C19H22FN. The zero-order valence-corrected chi connectivity index (χ0v) is 12.5. The van der Waals surface area contributed by atoms with Crippen molar-refractivity contribution < 1.29 is 4.39 Å². The first-order valence-corrected chi connectivity index (χ1v) is 7.84. The molecule has 1 unspecified atom stereocenters. The number of hydrogen-bond donors (Lipinski definition) is 1. The van der Waals surface area contributed by atoms with Gasteiger partial charge in [-0.15, -0.1) is 0 Å². The number of benzene rings is 2. The van der Waals surface area contributed by atoms with Crippen molar-refractivity contribution in [3.63, 3.8) is 0 Å². The van der Waals surface area contributed by atoms with Crippen molar-refractivity contribution in [2.24, 2.45) is 0 Å². The first kappa shape index (κ1) is 14.1. The molecule has 1 nitrogen and oxygen atoms in total. The van der Waals surface area contributed by atoms with Crippen LogP contribution >= 0.6 is 0 Å². The van der Waals surface area contributed by atoms with Crippen molar-refractivity contribution in [2.45, 2.75) is 45.1 Å². The molecule has 1 N–H and O–H groups in total. The van der Waals surface area contributed by atoms with E-state index in [9.17, 15) is 4.39 Å². The second-order valence-corrected chi connectivity index (χ2v) is 6.03. The van der Waals surface area contributed by atoms with Crippen LogP contribution in [0.15, 0.2) is 42.5 Å². The lowest BCUT2D eigenvalue weighted by atomic mass is 9.90. The Morgan fingerprint density at radius 2 is 1.81 bits per heavy atom. The predicted octanol–water partition coefficient (Wildman–Crippen LogP) is 4.75. The first-order valence-electron chi connectivity index (χ1n) is 7.84. The number of fused-ring (bicyclic) bond motifs is 1. The Morgan fingerprint density at radius 3 is 2.62 bits per heavy atom. The van der Waals surface area contributed by atoms with Crippen LogP contribution in [0.5, 0.6) is 0 Å². The number of hydrogen-bond acceptors (Lipinski definition) is 1. The van der Waals surface area contributed by atoms with E-state index in [4.69, 9.17) is 0 Å². The molecule has 0 bridgehead atoms. The number of nitrogens with one attached hydrogen (secondary N) is 1. The standard InChI is InChI=1S/C19H22FN/c1-14(13-15-9-11-17(20)12-10-15)21-19-8-4-6-16-5-2-3-7-18(16)19/h4,6,8-12,14,21H,2-3,5,7,13H2,1H3. The average molecular weight is 283 g/mol. The molecule has 1 aliphatic rings. The van der Waals surface area contributed by atoms with Gasteiger partial charge in [0.1, 0.15) is 5.82 Å². The second-order valence-electron chi connectivity index (χ2n) is 6.03. The van der Waals surface area contributed by atoms with Crippen LogP contribution in [0.25, 0.3) is 0 Å². The zero-order chi connectivity index (χ0) is 14.7. The highest BCUT2D eigenvalue weighted by atomic mass is 19.1. The molecule has 21 heavy (non-hydrogen) atoms. The summed E-state index contributed by atoms with van der Waals surface area (Å²) in [6.07, 6.45) is 5.89. The summed E-state index contributed by atoms with van der Waals surface area (Å²) >= 11 is 0. The molecule has 2 aromatic rings. The smallest absolute Gasteiger partial charge is 0.123 e. The van der Waals surface area contributed by atoms with Gasteiger partial charge in [0.15, 0.2) is 0 Å². The van der Waals surface area contributed by atoms with E-state index in [2.05, 4.69) is 30.4 Å². The third kappa shape index (κ3) is 3.44. The fourth-order valence-electron chi connectivity index (χ4n) is 3.21. The normalized spacial score (nSPS) is 15.3. The van der Waals surface area contributed by atoms with Crippen molar-refractivity contribution in [3.8, 4) is 0 Å². The van der Waals surface area contributed by atoms with Gasteiger partial charge in [-0.25, -0.2) is 4.39 Å². The summed E-state index contributed by atoms with van der Waals surface area (Å²) in [6.45, 7) is 2.19. The van der Waals surface area contributed by atoms with Gasteiger partial charge in [0.25, 0.3) is 0 Å². The third-order valence-electron chi connectivity index (χ3n) is 4.25. The molecule has 1 aliphatic carbocycles. The highest BCUT2D eigenvalue weighted by Crippen LogP contribution is 2.28. The summed E-state index contributed by atoms with van der Waals surface area (Å²) in [4.78, 5) is 0. The maximum Gasteiger partial charge on any atom is 0.123 e. The minimum absolute atomic E-state index is 0.170. The van der Waals surface area contributed by atoms with Gasteiger partial charge in [-0.3, -0.25) is 0 Å². The molecule has 2 aromatic carbocycles. The van der Waals surface area contributed by atoms with Crippen molar-refractivity contribution in [1.29, 1.82) is 0 Å². The van der Waals surface area contributed by atoms with Gasteiger partial charge in [0.05, 0.1) is 0 Å². The van der Waals surface area contributed by atoms with Crippen LogP contribution in [-0.2, 0) is 19.3 Å². The summed E-state index contributed by atoms with van der Waals surface area (Å²) in [5, 5.41) is 3.64. The van der Waals surface area contributed by atoms with Gasteiger partial charge in [-0.1, -0.05) is 24.3 Å². The molecule has 0 aromatic heterocycles. The van der Waals surface area contributed by atoms with E-state index in [0.29, 0.717) is 6.04 Å². The molecule has 0 spiro atoms. The highest BCUT2D eigenvalue weighted by Gasteiger charge is 2.14. The van der Waals surface area contributed by atoms with Crippen molar-refractivity contribution in [1.82, 2.24) is 0 Å². The Bertz CT molecular complexity index is 603. The number of rotatable bonds is 4. The van der Waals surface area contributed by atoms with E-state index in [1.807, 2.05) is 12.1 Å². The topological polar surface area (TPSA) is 12.0 Å². The van der Waals surface area contributed by atoms with Crippen LogP contribution in [0.1, 0.15) is 36.5 Å². The van der Waals surface area contributed by atoms with Crippen molar-refractivity contribution in [2.75, 3.05) is 5.32 Å². The lowest BCUT2D eigenvalue weighted by Crippen LogP contribution is -2.20. The van der Waals surface area contributed by atoms with Crippen LogP contribution in [0, 0.1) is 5.82 Å². The lowest BCUT2D eigenvalue weighted by molar-refractivity contribution is 0.626. The molecular weight excluding hydrogens is 261 g/mol. The Morgan fingerprint density at radius 1 is 1.05 bits per heavy atom.